The number of rotatable bonds is 46. The van der Waals surface area contributed by atoms with E-state index < -0.39 is 78.4 Å². The van der Waals surface area contributed by atoms with Crippen LogP contribution in [0, 0.1) is 3.57 Å². The normalized spacial score (nSPS) is 13.3. The van der Waals surface area contributed by atoms with Crippen LogP contribution < -0.4 is 42.5 Å². The summed E-state index contributed by atoms with van der Waals surface area (Å²) in [5.41, 5.74) is 1.34. The van der Waals surface area contributed by atoms with Gasteiger partial charge >= 0.3 is 29.9 Å². The van der Waals surface area contributed by atoms with E-state index in [9.17, 15) is 68.4 Å². The van der Waals surface area contributed by atoms with E-state index in [0.29, 0.717) is 78.9 Å². The highest BCUT2D eigenvalue weighted by Gasteiger charge is 2.31. The van der Waals surface area contributed by atoms with Crippen molar-refractivity contribution in [3.05, 3.63) is 63.2 Å². The molecule has 0 radical (unpaired) electrons. The first kappa shape index (κ1) is 76.2. The summed E-state index contributed by atoms with van der Waals surface area (Å²) < 4.78 is 0.150. The van der Waals surface area contributed by atoms with Crippen molar-refractivity contribution in [3.63, 3.8) is 0 Å². The number of phenols is 1. The van der Waals surface area contributed by atoms with Crippen LogP contribution in [0.4, 0.5) is 4.79 Å². The summed E-state index contributed by atoms with van der Waals surface area (Å²) in [6.45, 7) is 12.5. The quantitative estimate of drug-likeness (QED) is 0.0241. The van der Waals surface area contributed by atoms with Crippen LogP contribution in [0.3, 0.4) is 0 Å². The molecule has 0 saturated carbocycles. The number of nitrogens with one attached hydrogen (secondary N) is 8. The van der Waals surface area contributed by atoms with Crippen LogP contribution >= 0.6 is 47.8 Å². The minimum atomic E-state index is -1.52. The molecule has 13 N–H and O–H groups in total. The van der Waals surface area contributed by atoms with Gasteiger partial charge in [0.15, 0.2) is 0 Å². The van der Waals surface area contributed by atoms with E-state index in [2.05, 4.69) is 73.9 Å². The van der Waals surface area contributed by atoms with Gasteiger partial charge in [-0.15, -0.1) is 0 Å². The predicted octanol–water partition coefficient (Wildman–Crippen LogP) is 4.78. The lowest BCUT2D eigenvalue weighted by Crippen LogP contribution is -2.56. The van der Waals surface area contributed by atoms with Crippen LogP contribution in [0.1, 0.15) is 148 Å². The molecule has 0 aliphatic heterocycles. The lowest BCUT2D eigenvalue weighted by molar-refractivity contribution is -0.143. The van der Waals surface area contributed by atoms with E-state index in [1.165, 1.54) is 6.07 Å². The van der Waals surface area contributed by atoms with Gasteiger partial charge in [-0.1, -0.05) is 49.2 Å². The Morgan fingerprint density at radius 2 is 1.00 bits per heavy atom. The fourth-order valence-electron chi connectivity index (χ4n) is 8.96. The summed E-state index contributed by atoms with van der Waals surface area (Å²) in [4.78, 5) is 128. The van der Waals surface area contributed by atoms with Crippen molar-refractivity contribution in [3.8, 4) is 5.75 Å². The summed E-state index contributed by atoms with van der Waals surface area (Å²) >= 11 is 11.3. The average molecular weight is 1360 g/mol. The summed E-state index contributed by atoms with van der Waals surface area (Å²) in [5.74, 6) is -7.44. The van der Waals surface area contributed by atoms with Gasteiger partial charge in [0.25, 0.3) is 0 Å². The molecule has 0 aromatic heterocycles. The number of amides is 7. The summed E-state index contributed by atoms with van der Waals surface area (Å²) in [6, 6.07) is 6.14. The van der Waals surface area contributed by atoms with Crippen molar-refractivity contribution in [2.24, 2.45) is 0 Å². The second-order valence-electron chi connectivity index (χ2n) is 22.7. The van der Waals surface area contributed by atoms with Gasteiger partial charge in [-0.2, -0.15) is 25.3 Å². The van der Waals surface area contributed by atoms with Crippen LogP contribution in [0.15, 0.2) is 48.5 Å². The lowest BCUT2D eigenvalue weighted by Gasteiger charge is -2.30. The second kappa shape index (κ2) is 41.3. The summed E-state index contributed by atoms with van der Waals surface area (Å²) in [5, 5.41) is 69.4. The Labute approximate surface area is 529 Å². The Morgan fingerprint density at radius 1 is 0.512 bits per heavy atom. The van der Waals surface area contributed by atoms with Gasteiger partial charge < -0.3 is 73.0 Å². The summed E-state index contributed by atoms with van der Waals surface area (Å²) in [7, 11) is 0. The Balaban J connectivity index is 1.87. The number of carboxylic acids is 4. The molecule has 2 rings (SSSR count). The predicted molar refractivity (Wildman–Crippen MR) is 340 cm³/mol. The number of carbonyl (C=O) groups excluding carboxylic acids is 6. The van der Waals surface area contributed by atoms with E-state index >= 15 is 0 Å². The zero-order valence-electron chi connectivity index (χ0n) is 49.9. The Hall–Kier alpha value is -5.91. The van der Waals surface area contributed by atoms with Crippen LogP contribution in [0.25, 0.3) is 0 Å². The molecule has 5 atom stereocenters. The number of carbonyl (C=O) groups is 10. The highest BCUT2D eigenvalue weighted by atomic mass is 127. The zero-order valence-corrected chi connectivity index (χ0v) is 53.9. The van der Waals surface area contributed by atoms with Crippen molar-refractivity contribution < 1.29 is 73.5 Å². The molecule has 86 heavy (non-hydrogen) atoms. The Kier molecular flexibility index (Phi) is 36.6. The number of unbranched alkanes of at least 4 members (excludes halogenated alkanes) is 6. The van der Waals surface area contributed by atoms with E-state index in [1.807, 2.05) is 36.4 Å². The van der Waals surface area contributed by atoms with Crippen molar-refractivity contribution in [1.82, 2.24) is 47.4 Å². The fraction of sp³-hybridized carbons (Fsp3) is 0.627. The van der Waals surface area contributed by atoms with Gasteiger partial charge in [0.2, 0.25) is 29.5 Å². The number of aliphatic carboxylic acids is 4. The number of carboxylic acid groups (broad SMARTS) is 4. The molecule has 27 heteroatoms. The van der Waals surface area contributed by atoms with E-state index in [1.54, 1.807) is 42.5 Å². The number of aromatic hydroxyl groups is 1. The molecular formula is C59H92IN9O15S2. The minimum absolute atomic E-state index is 0.00437. The monoisotopic (exact) mass is 1360 g/mol. The molecule has 0 spiro atoms. The first-order valence-electron chi connectivity index (χ1n) is 29.3. The molecule has 0 aliphatic rings. The highest BCUT2D eigenvalue weighted by molar-refractivity contribution is 14.1. The third-order valence-corrected chi connectivity index (χ3v) is 14.6. The molecule has 482 valence electrons. The molecule has 0 fully saturated rings. The minimum Gasteiger partial charge on any atom is -0.507 e. The molecule has 2 aromatic carbocycles. The molecule has 0 aliphatic carbocycles. The van der Waals surface area contributed by atoms with Crippen molar-refractivity contribution in [2.45, 2.75) is 189 Å². The molecule has 7 amide bonds. The van der Waals surface area contributed by atoms with Gasteiger partial charge in [-0.3, -0.25) is 28.8 Å². The van der Waals surface area contributed by atoms with Gasteiger partial charge in [0, 0.05) is 87.3 Å². The zero-order chi connectivity index (χ0) is 64.2. The number of thiol groups is 2. The van der Waals surface area contributed by atoms with Crippen LogP contribution in [-0.2, 0) is 56.0 Å². The van der Waals surface area contributed by atoms with Gasteiger partial charge in [-0.25, -0.2) is 19.2 Å². The maximum atomic E-state index is 14.3. The van der Waals surface area contributed by atoms with Gasteiger partial charge in [0.1, 0.15) is 36.0 Å². The van der Waals surface area contributed by atoms with Crippen molar-refractivity contribution in [1.29, 1.82) is 0 Å². The maximum absolute atomic E-state index is 14.3. The maximum Gasteiger partial charge on any atom is 0.326 e. The van der Waals surface area contributed by atoms with Crippen LogP contribution in [-0.4, -0.2) is 175 Å². The van der Waals surface area contributed by atoms with Crippen molar-refractivity contribution >= 4 is 107 Å². The second-order valence-corrected chi connectivity index (χ2v) is 26.3. The highest BCUT2D eigenvalue weighted by Crippen LogP contribution is 2.22. The third kappa shape index (κ3) is 36.3. The molecule has 0 heterocycles. The lowest BCUT2D eigenvalue weighted by atomic mass is 10.0. The molecule has 0 saturated heterocycles. The van der Waals surface area contributed by atoms with Gasteiger partial charge in [-0.05, 0) is 151 Å². The number of phenolic OH excluding ortho intramolecular Hbond substituents is 1. The largest absolute Gasteiger partial charge is 0.507 e. The summed E-state index contributed by atoms with van der Waals surface area (Å²) in [6.07, 6.45) is 5.04. The van der Waals surface area contributed by atoms with Crippen LogP contribution in [0.5, 0.6) is 5.75 Å². The molecular weight excluding hydrogens is 1270 g/mol. The number of hydrogen-bond acceptors (Lipinski definition) is 15. The van der Waals surface area contributed by atoms with Crippen molar-refractivity contribution in [2.75, 3.05) is 45.8 Å². The fourth-order valence-corrected chi connectivity index (χ4v) is 9.86. The molecule has 2 aromatic rings. The molecule has 0 bridgehead atoms. The topological polar surface area (TPSA) is 371 Å². The third-order valence-electron chi connectivity index (χ3n) is 13.4. The Morgan fingerprint density at radius 3 is 1.51 bits per heavy atom. The van der Waals surface area contributed by atoms with E-state index in [4.69, 9.17) is 17.7 Å². The van der Waals surface area contributed by atoms with Gasteiger partial charge in [0.05, 0.1) is 3.57 Å². The SMILES string of the molecule is CC(C)(S)CNCCN(CCCCC(=O)N[C@H](Cc1ccc(O)c(I)c1)C(=O)N[C@H](Cc1ccccc1)C(=O)N[C@H](CCCCNC(=O)CCCCCCC(=O)NCCCC[C@H](NC(=O)N[C@@H](CCC(=O)O)C(=O)O)C(=O)O)C(=O)O)CC(C)(C)S. The number of halogens is 1. The number of urea groups is 1. The first-order chi connectivity index (χ1) is 40.5. The molecule has 24 nitrogen and oxygen atoms in total. The smallest absolute Gasteiger partial charge is 0.326 e. The Bertz CT molecular complexity index is 2490. The molecule has 0 unspecified atom stereocenters. The number of nitrogens with zero attached hydrogens (tertiary/aromatic N) is 1. The number of hydrogen-bond donors (Lipinski definition) is 15. The van der Waals surface area contributed by atoms with Crippen LogP contribution in [0.2, 0.25) is 0 Å². The van der Waals surface area contributed by atoms with E-state index in [-0.39, 0.29) is 97.4 Å². The standard InChI is InChI=1S/C59H92IN9O15S2/c1-58(2,85)37-61-31-33-69(38-59(3,4)86)32-17-14-24-50(73)64-45(36-40-25-27-47(70)41(60)34-40)52(76)66-46(35-39-18-8-7-9-19-39)53(77)65-42(54(78)79)20-12-15-29-62-48(71)22-10-5-6-11-23-49(72)63-30-16-13-21-43(55(80)81)67-57(84)68-44(56(82)83)26-28-51(74)75/h7-9,18-19,25,27,34,42-46,61,70,85-86H,5-6,10-17,20-24,26,28-33,35-38H2,1-4H3,(H,62,71)(H,63,72)(H,64,73)(H,65,77)(H,66,76)(H,74,75)(H,78,79)(H,80,81)(H,82,83)(H2,67,68,84)/t42-,43+,44+,45-,46-/m1/s1. The van der Waals surface area contributed by atoms with E-state index in [0.717, 1.165) is 32.7 Å². The number of benzene rings is 2. The average Bonchev–Trinajstić information content (AvgIpc) is 3.60. The first-order valence-corrected chi connectivity index (χ1v) is 31.3.